The van der Waals surface area contributed by atoms with Crippen LogP contribution in [0.2, 0.25) is 0 Å². The zero-order valence-electron chi connectivity index (χ0n) is 12.5. The first-order valence-corrected chi connectivity index (χ1v) is 7.54. The SMILES string of the molecule is CCOC(=O)c1nc(C(=O)NCCN(C)CCOC)cs1. The van der Waals surface area contributed by atoms with Crippen LogP contribution in [0.3, 0.4) is 0 Å². The summed E-state index contributed by atoms with van der Waals surface area (Å²) in [4.78, 5) is 29.4. The fraction of sp³-hybridized carbons (Fsp3) is 0.615. The van der Waals surface area contributed by atoms with Crippen LogP contribution >= 0.6 is 11.3 Å². The van der Waals surface area contributed by atoms with Crippen LogP contribution in [0.1, 0.15) is 27.2 Å². The van der Waals surface area contributed by atoms with Crippen molar-refractivity contribution in [3.05, 3.63) is 16.1 Å². The van der Waals surface area contributed by atoms with E-state index in [0.717, 1.165) is 17.9 Å². The van der Waals surface area contributed by atoms with Gasteiger partial charge in [-0.3, -0.25) is 4.79 Å². The molecule has 0 atom stereocenters. The third-order valence-electron chi connectivity index (χ3n) is 2.64. The Kier molecular flexibility index (Phi) is 7.88. The molecule has 1 amide bonds. The number of carbonyl (C=O) groups excluding carboxylic acids is 2. The Morgan fingerprint density at radius 3 is 2.86 bits per heavy atom. The number of hydrogen-bond donors (Lipinski definition) is 1. The minimum Gasteiger partial charge on any atom is -0.461 e. The molecule has 7 nitrogen and oxygen atoms in total. The van der Waals surface area contributed by atoms with Gasteiger partial charge in [0, 0.05) is 32.1 Å². The molecule has 0 saturated carbocycles. The summed E-state index contributed by atoms with van der Waals surface area (Å²) < 4.78 is 9.80. The highest BCUT2D eigenvalue weighted by atomic mass is 32.1. The number of ether oxygens (including phenoxy) is 2. The Morgan fingerprint density at radius 2 is 2.19 bits per heavy atom. The summed E-state index contributed by atoms with van der Waals surface area (Å²) in [6.45, 7) is 4.68. The van der Waals surface area contributed by atoms with Gasteiger partial charge < -0.3 is 19.7 Å². The summed E-state index contributed by atoms with van der Waals surface area (Å²) in [6, 6.07) is 0. The van der Waals surface area contributed by atoms with E-state index in [2.05, 4.69) is 15.2 Å². The molecule has 0 radical (unpaired) electrons. The molecule has 0 aliphatic heterocycles. The Hall–Kier alpha value is -1.51. The number of methoxy groups -OCH3 is 1. The highest BCUT2D eigenvalue weighted by Crippen LogP contribution is 2.10. The van der Waals surface area contributed by atoms with Crippen LogP contribution in [0.15, 0.2) is 5.38 Å². The van der Waals surface area contributed by atoms with Crippen molar-refractivity contribution in [2.45, 2.75) is 6.92 Å². The summed E-state index contributed by atoms with van der Waals surface area (Å²) in [5.41, 5.74) is 0.239. The summed E-state index contributed by atoms with van der Waals surface area (Å²) in [7, 11) is 3.60. The molecule has 1 aromatic heterocycles. The number of nitrogens with one attached hydrogen (secondary N) is 1. The van der Waals surface area contributed by atoms with Crippen molar-refractivity contribution < 1.29 is 19.1 Å². The molecule has 0 aliphatic carbocycles. The van der Waals surface area contributed by atoms with Crippen molar-refractivity contribution in [1.82, 2.24) is 15.2 Å². The second-order valence-corrected chi connectivity index (χ2v) is 5.17. The molecule has 21 heavy (non-hydrogen) atoms. The van der Waals surface area contributed by atoms with Gasteiger partial charge in [0.15, 0.2) is 0 Å². The lowest BCUT2D eigenvalue weighted by atomic mass is 10.4. The molecule has 118 valence electrons. The summed E-state index contributed by atoms with van der Waals surface area (Å²) in [5, 5.41) is 4.51. The molecule has 8 heteroatoms. The molecule has 0 bridgehead atoms. The second-order valence-electron chi connectivity index (χ2n) is 4.31. The maximum atomic E-state index is 11.9. The van der Waals surface area contributed by atoms with Gasteiger partial charge in [0.05, 0.1) is 13.2 Å². The highest BCUT2D eigenvalue weighted by Gasteiger charge is 2.16. The Balaban J connectivity index is 2.37. The fourth-order valence-electron chi connectivity index (χ4n) is 1.47. The zero-order valence-corrected chi connectivity index (χ0v) is 13.4. The normalized spacial score (nSPS) is 10.7. The van der Waals surface area contributed by atoms with Crippen molar-refractivity contribution in [1.29, 1.82) is 0 Å². The standard InChI is InChI=1S/C13H21N3O4S/c1-4-20-13(18)12-15-10(9-21-12)11(17)14-5-6-16(2)7-8-19-3/h9H,4-8H2,1-3H3,(H,14,17). The van der Waals surface area contributed by atoms with Crippen LogP contribution in [0.4, 0.5) is 0 Å². The van der Waals surface area contributed by atoms with E-state index in [9.17, 15) is 9.59 Å². The number of carbonyl (C=O) groups is 2. The van der Waals surface area contributed by atoms with E-state index in [4.69, 9.17) is 9.47 Å². The minimum absolute atomic E-state index is 0.194. The third kappa shape index (κ3) is 6.19. The van der Waals surface area contributed by atoms with Crippen LogP contribution in [-0.4, -0.2) is 68.8 Å². The van der Waals surface area contributed by atoms with Gasteiger partial charge in [-0.2, -0.15) is 0 Å². The fourth-order valence-corrected chi connectivity index (χ4v) is 2.16. The van der Waals surface area contributed by atoms with E-state index < -0.39 is 5.97 Å². The van der Waals surface area contributed by atoms with Crippen LogP contribution in [0, 0.1) is 0 Å². The molecule has 0 fully saturated rings. The first-order chi connectivity index (χ1) is 10.1. The van der Waals surface area contributed by atoms with Gasteiger partial charge in [0.1, 0.15) is 5.69 Å². The van der Waals surface area contributed by atoms with Gasteiger partial charge >= 0.3 is 5.97 Å². The molecule has 0 unspecified atom stereocenters. The largest absolute Gasteiger partial charge is 0.461 e. The van der Waals surface area contributed by atoms with E-state index >= 15 is 0 Å². The lowest BCUT2D eigenvalue weighted by Gasteiger charge is -2.15. The molecule has 0 spiro atoms. The van der Waals surface area contributed by atoms with Crippen molar-refractivity contribution in [3.63, 3.8) is 0 Å². The Labute approximate surface area is 128 Å². The molecule has 1 heterocycles. The first-order valence-electron chi connectivity index (χ1n) is 6.66. The Bertz CT molecular complexity index is 464. The van der Waals surface area contributed by atoms with Crippen molar-refractivity contribution in [2.24, 2.45) is 0 Å². The maximum absolute atomic E-state index is 11.9. The van der Waals surface area contributed by atoms with E-state index in [1.54, 1.807) is 19.4 Å². The number of likely N-dealkylation sites (N-methyl/N-ethyl adjacent to an activating group) is 1. The highest BCUT2D eigenvalue weighted by molar-refractivity contribution is 7.11. The topological polar surface area (TPSA) is 80.8 Å². The van der Waals surface area contributed by atoms with E-state index in [0.29, 0.717) is 19.7 Å². The number of amides is 1. The first kappa shape index (κ1) is 17.5. The number of rotatable bonds is 9. The molecule has 1 rings (SSSR count). The molecule has 0 aliphatic rings. The smallest absolute Gasteiger partial charge is 0.367 e. The molecule has 1 aromatic rings. The van der Waals surface area contributed by atoms with Crippen molar-refractivity contribution in [3.8, 4) is 0 Å². The van der Waals surface area contributed by atoms with Crippen LogP contribution in [0.25, 0.3) is 0 Å². The summed E-state index contributed by atoms with van der Waals surface area (Å²) in [6.07, 6.45) is 0. The van der Waals surface area contributed by atoms with Crippen LogP contribution < -0.4 is 5.32 Å². The van der Waals surface area contributed by atoms with Gasteiger partial charge in [-0.05, 0) is 14.0 Å². The summed E-state index contributed by atoms with van der Waals surface area (Å²) in [5.74, 6) is -0.789. The van der Waals surface area contributed by atoms with Crippen LogP contribution in [-0.2, 0) is 9.47 Å². The lowest BCUT2D eigenvalue weighted by Crippen LogP contribution is -2.34. The van der Waals surface area contributed by atoms with Gasteiger partial charge in [-0.25, -0.2) is 9.78 Å². The maximum Gasteiger partial charge on any atom is 0.367 e. The van der Waals surface area contributed by atoms with E-state index in [1.165, 1.54) is 0 Å². The zero-order chi connectivity index (χ0) is 15.7. The number of thiazole rings is 1. The Morgan fingerprint density at radius 1 is 1.43 bits per heavy atom. The van der Waals surface area contributed by atoms with Gasteiger partial charge in [-0.1, -0.05) is 0 Å². The lowest BCUT2D eigenvalue weighted by molar-refractivity contribution is 0.0526. The van der Waals surface area contributed by atoms with Crippen LogP contribution in [0.5, 0.6) is 0 Å². The third-order valence-corrected chi connectivity index (χ3v) is 3.47. The molecule has 1 N–H and O–H groups in total. The average Bonchev–Trinajstić information content (AvgIpc) is 2.95. The van der Waals surface area contributed by atoms with Gasteiger partial charge in [0.2, 0.25) is 5.01 Å². The monoisotopic (exact) mass is 315 g/mol. The predicted octanol–water partition coefficient (Wildman–Crippen LogP) is 0.628. The number of aromatic nitrogens is 1. The van der Waals surface area contributed by atoms with Gasteiger partial charge in [0.25, 0.3) is 5.91 Å². The van der Waals surface area contributed by atoms with E-state index in [-0.39, 0.29) is 23.2 Å². The second kappa shape index (κ2) is 9.43. The molecular formula is C13H21N3O4S. The molecular weight excluding hydrogens is 294 g/mol. The number of esters is 1. The number of hydrogen-bond acceptors (Lipinski definition) is 7. The number of nitrogens with zero attached hydrogens (tertiary/aromatic N) is 2. The predicted molar refractivity (Wildman–Crippen MR) is 79.8 cm³/mol. The molecule has 0 aromatic carbocycles. The quantitative estimate of drug-likeness (QED) is 0.673. The van der Waals surface area contributed by atoms with Crippen molar-refractivity contribution in [2.75, 3.05) is 47.0 Å². The van der Waals surface area contributed by atoms with E-state index in [1.807, 2.05) is 7.05 Å². The summed E-state index contributed by atoms with van der Waals surface area (Å²) >= 11 is 1.10. The molecule has 0 saturated heterocycles. The van der Waals surface area contributed by atoms with Crippen molar-refractivity contribution >= 4 is 23.2 Å². The minimum atomic E-state index is -0.499. The van der Waals surface area contributed by atoms with Gasteiger partial charge in [-0.15, -0.1) is 11.3 Å². The average molecular weight is 315 g/mol.